The molecular weight excluding hydrogens is 232 g/mol. The van der Waals surface area contributed by atoms with Crippen molar-refractivity contribution in [3.63, 3.8) is 0 Å². The van der Waals surface area contributed by atoms with Crippen molar-refractivity contribution in [2.24, 2.45) is 5.92 Å². The van der Waals surface area contributed by atoms with Gasteiger partial charge in [-0.25, -0.2) is 0 Å². The predicted molar refractivity (Wildman–Crippen MR) is 67.5 cm³/mol. The van der Waals surface area contributed by atoms with Crippen LogP contribution in [0.3, 0.4) is 0 Å². The number of anilines is 2. The largest absolute Gasteiger partial charge is 0.481 e. The van der Waals surface area contributed by atoms with Gasteiger partial charge in [0, 0.05) is 12.7 Å². The minimum atomic E-state index is 0.221. The lowest BCUT2D eigenvalue weighted by atomic mass is 10.1. The molecule has 2 atom stereocenters. The second-order valence-corrected chi connectivity index (χ2v) is 4.87. The maximum absolute atomic E-state index is 5.78. The lowest BCUT2D eigenvalue weighted by molar-refractivity contribution is 0.0898. The van der Waals surface area contributed by atoms with Gasteiger partial charge in [0.15, 0.2) is 0 Å². The van der Waals surface area contributed by atoms with E-state index in [1.807, 2.05) is 0 Å². The fourth-order valence-corrected chi connectivity index (χ4v) is 2.47. The van der Waals surface area contributed by atoms with Crippen LogP contribution < -0.4 is 15.8 Å². The van der Waals surface area contributed by atoms with Gasteiger partial charge in [0.05, 0.1) is 19.3 Å². The molecule has 0 bridgehead atoms. The van der Waals surface area contributed by atoms with Crippen LogP contribution in [0.4, 0.5) is 11.8 Å². The molecule has 18 heavy (non-hydrogen) atoms. The summed E-state index contributed by atoms with van der Waals surface area (Å²) in [5, 5.41) is 3.39. The molecule has 0 amide bonds. The highest BCUT2D eigenvalue weighted by atomic mass is 16.5. The summed E-state index contributed by atoms with van der Waals surface area (Å²) < 4.78 is 10.9. The minimum absolute atomic E-state index is 0.221. The summed E-state index contributed by atoms with van der Waals surface area (Å²) in [5.74, 6) is 2.12. The zero-order chi connectivity index (χ0) is 12.5. The molecule has 1 saturated carbocycles. The van der Waals surface area contributed by atoms with Gasteiger partial charge in [-0.3, -0.25) is 0 Å². The second kappa shape index (κ2) is 4.61. The van der Waals surface area contributed by atoms with E-state index in [2.05, 4.69) is 15.3 Å². The Morgan fingerprint density at radius 2 is 2.22 bits per heavy atom. The quantitative estimate of drug-likeness (QED) is 0.831. The standard InChI is InChI=1S/C12H18N4O2/c1-17-10-6-9(15-12(13)16-10)14-8-4-5-18-11(8)7-2-3-7/h6-8,11H,2-5H2,1H3,(H3,13,14,15,16). The number of nitrogens with two attached hydrogens (primary N) is 1. The van der Waals surface area contributed by atoms with Gasteiger partial charge >= 0.3 is 0 Å². The molecule has 1 aromatic rings. The van der Waals surface area contributed by atoms with E-state index in [1.165, 1.54) is 12.8 Å². The van der Waals surface area contributed by atoms with Crippen LogP contribution in [0.1, 0.15) is 19.3 Å². The highest BCUT2D eigenvalue weighted by molar-refractivity contribution is 5.44. The maximum Gasteiger partial charge on any atom is 0.225 e. The first kappa shape index (κ1) is 11.5. The van der Waals surface area contributed by atoms with Crippen molar-refractivity contribution in [1.82, 2.24) is 9.97 Å². The highest BCUT2D eigenvalue weighted by Gasteiger charge is 2.40. The summed E-state index contributed by atoms with van der Waals surface area (Å²) >= 11 is 0. The van der Waals surface area contributed by atoms with Gasteiger partial charge in [-0.05, 0) is 25.2 Å². The van der Waals surface area contributed by atoms with E-state index in [0.717, 1.165) is 13.0 Å². The van der Waals surface area contributed by atoms with E-state index in [-0.39, 0.29) is 5.95 Å². The van der Waals surface area contributed by atoms with Crippen LogP contribution in [0, 0.1) is 5.92 Å². The Labute approximate surface area is 106 Å². The summed E-state index contributed by atoms with van der Waals surface area (Å²) in [6, 6.07) is 2.08. The number of aromatic nitrogens is 2. The van der Waals surface area contributed by atoms with Gasteiger partial charge in [-0.2, -0.15) is 9.97 Å². The second-order valence-electron chi connectivity index (χ2n) is 4.87. The van der Waals surface area contributed by atoms with E-state index in [9.17, 15) is 0 Å². The van der Waals surface area contributed by atoms with Crippen molar-refractivity contribution in [2.75, 3.05) is 24.8 Å². The van der Waals surface area contributed by atoms with E-state index >= 15 is 0 Å². The molecule has 2 unspecified atom stereocenters. The summed E-state index contributed by atoms with van der Waals surface area (Å²) in [4.78, 5) is 8.15. The van der Waals surface area contributed by atoms with Crippen molar-refractivity contribution in [2.45, 2.75) is 31.4 Å². The summed E-state index contributed by atoms with van der Waals surface area (Å²) in [5.41, 5.74) is 5.64. The van der Waals surface area contributed by atoms with Crippen LogP contribution in [0.2, 0.25) is 0 Å². The number of nitrogens with one attached hydrogen (secondary N) is 1. The van der Waals surface area contributed by atoms with Crippen LogP contribution >= 0.6 is 0 Å². The Morgan fingerprint density at radius 1 is 1.39 bits per heavy atom. The third-order valence-electron chi connectivity index (χ3n) is 3.48. The van der Waals surface area contributed by atoms with Gasteiger partial charge in [-0.1, -0.05) is 0 Å². The summed E-state index contributed by atoms with van der Waals surface area (Å²) in [6.45, 7) is 0.816. The molecule has 2 heterocycles. The molecule has 3 N–H and O–H groups in total. The molecule has 1 aromatic heterocycles. The first-order chi connectivity index (χ1) is 8.76. The number of hydrogen-bond donors (Lipinski definition) is 2. The normalized spacial score (nSPS) is 27.2. The molecule has 3 rings (SSSR count). The Hall–Kier alpha value is -1.56. The van der Waals surface area contributed by atoms with Crippen molar-refractivity contribution < 1.29 is 9.47 Å². The van der Waals surface area contributed by atoms with Crippen LogP contribution in [-0.4, -0.2) is 35.8 Å². The number of nitrogen functional groups attached to an aromatic ring is 1. The molecular formula is C12H18N4O2. The monoisotopic (exact) mass is 250 g/mol. The molecule has 6 nitrogen and oxygen atoms in total. The van der Waals surface area contributed by atoms with Crippen molar-refractivity contribution in [3.8, 4) is 5.88 Å². The molecule has 98 valence electrons. The zero-order valence-corrected chi connectivity index (χ0v) is 10.4. The molecule has 1 aliphatic carbocycles. The smallest absolute Gasteiger partial charge is 0.225 e. The van der Waals surface area contributed by atoms with Crippen LogP contribution in [-0.2, 0) is 4.74 Å². The Morgan fingerprint density at radius 3 is 2.94 bits per heavy atom. The number of rotatable bonds is 4. The lowest BCUT2D eigenvalue weighted by Gasteiger charge is -2.20. The SMILES string of the molecule is COc1cc(NC2CCOC2C2CC2)nc(N)n1. The Balaban J connectivity index is 1.73. The molecule has 2 aliphatic rings. The van der Waals surface area contributed by atoms with Gasteiger partial charge in [0.2, 0.25) is 11.8 Å². The third kappa shape index (κ3) is 2.33. The lowest BCUT2D eigenvalue weighted by Crippen LogP contribution is -2.31. The molecule has 1 saturated heterocycles. The van der Waals surface area contributed by atoms with Crippen molar-refractivity contribution in [3.05, 3.63) is 6.07 Å². The first-order valence-electron chi connectivity index (χ1n) is 6.33. The van der Waals surface area contributed by atoms with E-state index in [0.29, 0.717) is 29.8 Å². The fourth-order valence-electron chi connectivity index (χ4n) is 2.47. The number of methoxy groups -OCH3 is 1. The van der Waals surface area contributed by atoms with Gasteiger partial charge in [0.1, 0.15) is 5.82 Å². The maximum atomic E-state index is 5.78. The number of ether oxygens (including phenoxy) is 2. The molecule has 0 aromatic carbocycles. The fraction of sp³-hybridized carbons (Fsp3) is 0.667. The summed E-state index contributed by atoms with van der Waals surface area (Å²) in [7, 11) is 1.57. The first-order valence-corrected chi connectivity index (χ1v) is 6.33. The molecule has 0 radical (unpaired) electrons. The minimum Gasteiger partial charge on any atom is -0.481 e. The molecule has 2 fully saturated rings. The zero-order valence-electron chi connectivity index (χ0n) is 10.4. The van der Waals surface area contributed by atoms with Crippen LogP contribution in [0.5, 0.6) is 5.88 Å². The van der Waals surface area contributed by atoms with Gasteiger partial charge in [0.25, 0.3) is 0 Å². The Bertz CT molecular complexity index is 436. The van der Waals surface area contributed by atoms with E-state index < -0.39 is 0 Å². The van der Waals surface area contributed by atoms with Crippen LogP contribution in [0.25, 0.3) is 0 Å². The molecule has 1 aliphatic heterocycles. The molecule has 0 spiro atoms. The number of hydrogen-bond acceptors (Lipinski definition) is 6. The third-order valence-corrected chi connectivity index (χ3v) is 3.48. The van der Waals surface area contributed by atoms with Crippen molar-refractivity contribution >= 4 is 11.8 Å². The van der Waals surface area contributed by atoms with Crippen molar-refractivity contribution in [1.29, 1.82) is 0 Å². The predicted octanol–water partition coefficient (Wildman–Crippen LogP) is 1.05. The van der Waals surface area contributed by atoms with Gasteiger partial charge in [-0.15, -0.1) is 0 Å². The van der Waals surface area contributed by atoms with E-state index in [1.54, 1.807) is 13.2 Å². The topological polar surface area (TPSA) is 82.3 Å². The average Bonchev–Trinajstić information content (AvgIpc) is 3.10. The highest BCUT2D eigenvalue weighted by Crippen LogP contribution is 2.39. The van der Waals surface area contributed by atoms with Crippen LogP contribution in [0.15, 0.2) is 6.07 Å². The van der Waals surface area contributed by atoms with E-state index in [4.69, 9.17) is 15.2 Å². The Kier molecular flexibility index (Phi) is 2.95. The van der Waals surface area contributed by atoms with Gasteiger partial charge < -0.3 is 20.5 Å². The number of nitrogens with zero attached hydrogens (tertiary/aromatic N) is 2. The summed E-state index contributed by atoms with van der Waals surface area (Å²) in [6.07, 6.45) is 3.87. The molecule has 6 heteroatoms. The average molecular weight is 250 g/mol.